The summed E-state index contributed by atoms with van der Waals surface area (Å²) in [6.45, 7) is 8.86. The molecule has 0 aromatic rings. The van der Waals surface area contributed by atoms with Gasteiger partial charge in [0.2, 0.25) is 0 Å². The van der Waals surface area contributed by atoms with E-state index < -0.39 is 0 Å². The van der Waals surface area contributed by atoms with Crippen molar-refractivity contribution in [3.8, 4) is 0 Å². The van der Waals surface area contributed by atoms with Crippen LogP contribution in [-0.4, -0.2) is 12.3 Å². The largest absolute Gasteiger partial charge is 0.330 e. The van der Waals surface area contributed by atoms with E-state index in [1.165, 1.54) is 0 Å². The molecule has 84 valence electrons. The summed E-state index contributed by atoms with van der Waals surface area (Å²) in [6.07, 6.45) is 3.90. The molecule has 0 aromatic carbocycles. The fourth-order valence-corrected chi connectivity index (χ4v) is 1.50. The van der Waals surface area contributed by atoms with Gasteiger partial charge in [0.05, 0.1) is 0 Å². The van der Waals surface area contributed by atoms with Crippen molar-refractivity contribution in [3.63, 3.8) is 0 Å². The Balaban J connectivity index is 3.85. The molecule has 0 radical (unpaired) electrons. The highest BCUT2D eigenvalue weighted by Crippen LogP contribution is 2.21. The summed E-state index contributed by atoms with van der Waals surface area (Å²) in [6, 6.07) is 0. The molecule has 0 rings (SSSR count). The zero-order chi connectivity index (χ0) is 11.2. The molecule has 2 heteroatoms. The summed E-state index contributed by atoms with van der Waals surface area (Å²) in [7, 11) is 0. The number of hydrogen-bond donors (Lipinski definition) is 1. The van der Waals surface area contributed by atoms with Crippen LogP contribution in [0.1, 0.15) is 53.4 Å². The molecular weight excluding hydrogens is 174 g/mol. The maximum Gasteiger partial charge on any atom is 0.138 e. The minimum atomic E-state index is -0.180. The van der Waals surface area contributed by atoms with Crippen LogP contribution in [0.2, 0.25) is 0 Å². The van der Waals surface area contributed by atoms with Gasteiger partial charge in [-0.25, -0.2) is 0 Å². The second kappa shape index (κ2) is 6.18. The molecule has 2 N–H and O–H groups in total. The molecule has 0 bridgehead atoms. The van der Waals surface area contributed by atoms with Crippen LogP contribution in [0.5, 0.6) is 0 Å². The Bertz CT molecular complexity index is 170. The van der Waals surface area contributed by atoms with Gasteiger partial charge in [-0.1, -0.05) is 34.1 Å². The average Bonchev–Trinajstić information content (AvgIpc) is 2.10. The molecule has 0 spiro atoms. The second-order valence-electron chi connectivity index (χ2n) is 5.06. The number of nitrogens with two attached hydrogens (primary N) is 1. The third-order valence-electron chi connectivity index (χ3n) is 2.77. The predicted molar refractivity (Wildman–Crippen MR) is 61.1 cm³/mol. The van der Waals surface area contributed by atoms with Crippen LogP contribution < -0.4 is 5.73 Å². The van der Waals surface area contributed by atoms with Crippen LogP contribution in [0.15, 0.2) is 0 Å². The van der Waals surface area contributed by atoms with E-state index in [0.717, 1.165) is 25.8 Å². The second-order valence-corrected chi connectivity index (χ2v) is 5.06. The first-order valence-corrected chi connectivity index (χ1v) is 5.65. The van der Waals surface area contributed by atoms with Gasteiger partial charge in [-0.3, -0.25) is 4.79 Å². The van der Waals surface area contributed by atoms with Gasteiger partial charge in [-0.15, -0.1) is 0 Å². The fraction of sp³-hybridized carbons (Fsp3) is 0.917. The average molecular weight is 199 g/mol. The van der Waals surface area contributed by atoms with Gasteiger partial charge < -0.3 is 5.73 Å². The number of Topliss-reactive ketones (excluding diaryl/α,β-unsaturated/α-hetero) is 1. The summed E-state index contributed by atoms with van der Waals surface area (Å²) in [5.74, 6) is 0.999. The number of ketones is 1. The van der Waals surface area contributed by atoms with Crippen LogP contribution >= 0.6 is 0 Å². The molecule has 1 unspecified atom stereocenters. The van der Waals surface area contributed by atoms with Crippen LogP contribution in [0.25, 0.3) is 0 Å². The van der Waals surface area contributed by atoms with Gasteiger partial charge >= 0.3 is 0 Å². The van der Waals surface area contributed by atoms with Gasteiger partial charge in [0.15, 0.2) is 0 Å². The molecule has 0 aromatic heterocycles. The quantitative estimate of drug-likeness (QED) is 0.714. The SMILES string of the molecule is CCC(CCN)CCC(=O)C(C)(C)C. The van der Waals surface area contributed by atoms with Gasteiger partial charge in [-0.2, -0.15) is 0 Å². The third kappa shape index (κ3) is 5.38. The van der Waals surface area contributed by atoms with E-state index in [-0.39, 0.29) is 5.41 Å². The normalized spacial score (nSPS) is 14.1. The summed E-state index contributed by atoms with van der Waals surface area (Å²) in [5, 5.41) is 0. The van der Waals surface area contributed by atoms with E-state index >= 15 is 0 Å². The highest BCUT2D eigenvalue weighted by Gasteiger charge is 2.21. The maximum atomic E-state index is 11.7. The van der Waals surface area contributed by atoms with E-state index in [2.05, 4.69) is 6.92 Å². The lowest BCUT2D eigenvalue weighted by Crippen LogP contribution is -2.21. The number of carbonyl (C=O) groups is 1. The van der Waals surface area contributed by atoms with Crippen LogP contribution in [-0.2, 0) is 4.79 Å². The van der Waals surface area contributed by atoms with Crippen LogP contribution in [0, 0.1) is 11.3 Å². The highest BCUT2D eigenvalue weighted by molar-refractivity contribution is 5.83. The van der Waals surface area contributed by atoms with Crippen molar-refractivity contribution in [2.75, 3.05) is 6.54 Å². The number of hydrogen-bond acceptors (Lipinski definition) is 2. The van der Waals surface area contributed by atoms with Gasteiger partial charge in [-0.05, 0) is 25.3 Å². The molecule has 0 aliphatic heterocycles. The zero-order valence-electron chi connectivity index (χ0n) is 10.1. The minimum Gasteiger partial charge on any atom is -0.330 e. The molecule has 0 saturated heterocycles. The molecule has 0 aliphatic carbocycles. The summed E-state index contributed by atoms with van der Waals surface area (Å²) in [4.78, 5) is 11.7. The zero-order valence-corrected chi connectivity index (χ0v) is 10.1. The van der Waals surface area contributed by atoms with Gasteiger partial charge in [0.1, 0.15) is 5.78 Å². The first kappa shape index (κ1) is 13.6. The Hall–Kier alpha value is -0.370. The smallest absolute Gasteiger partial charge is 0.138 e. The lowest BCUT2D eigenvalue weighted by molar-refractivity contribution is -0.126. The van der Waals surface area contributed by atoms with Crippen molar-refractivity contribution in [3.05, 3.63) is 0 Å². The van der Waals surface area contributed by atoms with Gasteiger partial charge in [0, 0.05) is 11.8 Å². The van der Waals surface area contributed by atoms with Crippen molar-refractivity contribution in [2.24, 2.45) is 17.1 Å². The minimum absolute atomic E-state index is 0.180. The maximum absolute atomic E-state index is 11.7. The Kier molecular flexibility index (Phi) is 6.01. The van der Waals surface area contributed by atoms with Crippen molar-refractivity contribution in [1.29, 1.82) is 0 Å². The molecule has 2 nitrogen and oxygen atoms in total. The Morgan fingerprint density at radius 2 is 1.86 bits per heavy atom. The monoisotopic (exact) mass is 199 g/mol. The van der Waals surface area contributed by atoms with Crippen molar-refractivity contribution < 1.29 is 4.79 Å². The standard InChI is InChI=1S/C12H25NO/c1-5-10(8-9-13)6-7-11(14)12(2,3)4/h10H,5-9,13H2,1-4H3. The van der Waals surface area contributed by atoms with Crippen LogP contribution in [0.4, 0.5) is 0 Å². The Morgan fingerprint density at radius 3 is 2.21 bits per heavy atom. The van der Waals surface area contributed by atoms with Crippen molar-refractivity contribution in [2.45, 2.75) is 53.4 Å². The molecule has 0 fully saturated rings. The lowest BCUT2D eigenvalue weighted by Gasteiger charge is -2.19. The van der Waals surface area contributed by atoms with Crippen molar-refractivity contribution in [1.82, 2.24) is 0 Å². The summed E-state index contributed by atoms with van der Waals surface area (Å²) < 4.78 is 0. The molecule has 0 saturated carbocycles. The lowest BCUT2D eigenvalue weighted by atomic mass is 9.85. The van der Waals surface area contributed by atoms with Crippen molar-refractivity contribution >= 4 is 5.78 Å². The first-order chi connectivity index (χ1) is 6.41. The summed E-state index contributed by atoms with van der Waals surface area (Å²) >= 11 is 0. The van der Waals surface area contributed by atoms with E-state index in [1.54, 1.807) is 0 Å². The molecular formula is C12H25NO. The summed E-state index contributed by atoms with van der Waals surface area (Å²) in [5.41, 5.74) is 5.33. The first-order valence-electron chi connectivity index (χ1n) is 5.65. The van der Waals surface area contributed by atoms with E-state index in [4.69, 9.17) is 5.73 Å². The van der Waals surface area contributed by atoms with E-state index in [0.29, 0.717) is 18.1 Å². The van der Waals surface area contributed by atoms with Gasteiger partial charge in [0.25, 0.3) is 0 Å². The third-order valence-corrected chi connectivity index (χ3v) is 2.77. The number of rotatable bonds is 6. The Morgan fingerprint density at radius 1 is 1.29 bits per heavy atom. The van der Waals surface area contributed by atoms with E-state index in [1.807, 2.05) is 20.8 Å². The number of carbonyl (C=O) groups excluding carboxylic acids is 1. The Labute approximate surface area is 88.3 Å². The molecule has 0 aliphatic rings. The predicted octanol–water partition coefficient (Wildman–Crippen LogP) is 2.76. The molecule has 14 heavy (non-hydrogen) atoms. The molecule has 1 atom stereocenters. The molecule has 0 heterocycles. The molecule has 0 amide bonds. The topological polar surface area (TPSA) is 43.1 Å². The van der Waals surface area contributed by atoms with E-state index in [9.17, 15) is 4.79 Å². The van der Waals surface area contributed by atoms with Crippen LogP contribution in [0.3, 0.4) is 0 Å². The highest BCUT2D eigenvalue weighted by atomic mass is 16.1. The fourth-order valence-electron chi connectivity index (χ4n) is 1.50.